The maximum atomic E-state index is 12.4. The van der Waals surface area contributed by atoms with Crippen LogP contribution in [-0.4, -0.2) is 69.3 Å². The number of aliphatic carboxylic acids is 1. The van der Waals surface area contributed by atoms with Gasteiger partial charge in [0.1, 0.15) is 13.2 Å². The molecule has 1 heterocycles. The van der Waals surface area contributed by atoms with E-state index in [0.717, 1.165) is 33.2 Å². The average molecular weight is 521 g/mol. The summed E-state index contributed by atoms with van der Waals surface area (Å²) in [4.78, 5) is 17.8. The third-order valence-corrected chi connectivity index (χ3v) is 7.73. The number of nitrogens with one attached hydrogen (secondary N) is 1. The number of hydrogen-bond donors (Lipinski definition) is 2. The Morgan fingerprint density at radius 2 is 1.62 bits per heavy atom. The summed E-state index contributed by atoms with van der Waals surface area (Å²) < 4.78 is 28.3. The third-order valence-electron chi connectivity index (χ3n) is 6.03. The van der Waals surface area contributed by atoms with Gasteiger partial charge >= 0.3 is 5.97 Å². The van der Waals surface area contributed by atoms with E-state index in [-0.39, 0.29) is 13.1 Å². The Bertz CT molecular complexity index is 1470. The van der Waals surface area contributed by atoms with Crippen molar-refractivity contribution in [3.8, 4) is 11.8 Å². The van der Waals surface area contributed by atoms with Gasteiger partial charge in [-0.25, -0.2) is 0 Å². The number of anilines is 1. The summed E-state index contributed by atoms with van der Waals surface area (Å²) in [7, 11) is -2.33. The van der Waals surface area contributed by atoms with Crippen molar-refractivity contribution in [2.75, 3.05) is 38.2 Å². The molecule has 0 unspecified atom stereocenters. The van der Waals surface area contributed by atoms with E-state index < -0.39 is 22.2 Å². The van der Waals surface area contributed by atoms with Crippen molar-refractivity contribution in [1.29, 1.82) is 0 Å². The van der Waals surface area contributed by atoms with E-state index in [1.807, 2.05) is 60.7 Å². The second kappa shape index (κ2) is 11.4. The normalized spacial score (nSPS) is 15.4. The van der Waals surface area contributed by atoms with Gasteiger partial charge in [-0.05, 0) is 65.7 Å². The van der Waals surface area contributed by atoms with Crippen LogP contribution in [0.15, 0.2) is 65.8 Å². The lowest BCUT2D eigenvalue weighted by Crippen LogP contribution is -2.54. The Balaban J connectivity index is 1.37. The quantitative estimate of drug-likeness (QED) is 0.282. The second-order valence-electron chi connectivity index (χ2n) is 8.60. The smallest absolute Gasteiger partial charge is 0.321 e. The van der Waals surface area contributed by atoms with E-state index in [0.29, 0.717) is 13.1 Å². The molecular formula is C27H28N4O5S. The number of benzene rings is 3. The molecule has 3 aromatic rings. The van der Waals surface area contributed by atoms with Crippen molar-refractivity contribution in [3.05, 3.63) is 77.4 Å². The number of rotatable bonds is 7. The predicted octanol–water partition coefficient (Wildman–Crippen LogP) is 2.65. The number of fused-ring (bicyclic) bond motifs is 1. The van der Waals surface area contributed by atoms with Crippen molar-refractivity contribution in [2.24, 2.45) is 5.16 Å². The molecule has 0 aromatic heterocycles. The van der Waals surface area contributed by atoms with Crippen molar-refractivity contribution >= 4 is 38.9 Å². The zero-order valence-electron chi connectivity index (χ0n) is 20.6. The molecule has 0 bridgehead atoms. The van der Waals surface area contributed by atoms with E-state index in [4.69, 9.17) is 9.94 Å². The van der Waals surface area contributed by atoms with Crippen LogP contribution in [0.25, 0.3) is 10.8 Å². The fraction of sp³-hybridized carbons (Fsp3) is 0.259. The Labute approximate surface area is 216 Å². The van der Waals surface area contributed by atoms with Crippen LogP contribution in [0.3, 0.4) is 0 Å². The number of carboxylic acids is 1. The topological polar surface area (TPSA) is 112 Å². The average Bonchev–Trinajstić information content (AvgIpc) is 2.90. The Morgan fingerprint density at radius 1 is 1.00 bits per heavy atom. The molecule has 4 rings (SSSR count). The molecule has 2 N–H and O–H groups in total. The van der Waals surface area contributed by atoms with Gasteiger partial charge in [0.15, 0.2) is 0 Å². The lowest BCUT2D eigenvalue weighted by molar-refractivity contribution is -0.138. The predicted molar refractivity (Wildman–Crippen MR) is 144 cm³/mol. The Kier molecular flexibility index (Phi) is 8.08. The third kappa shape index (κ3) is 6.65. The largest absolute Gasteiger partial charge is 0.480 e. The molecule has 3 aromatic carbocycles. The van der Waals surface area contributed by atoms with Gasteiger partial charge in [-0.2, -0.15) is 17.4 Å². The number of hydrogen-bond acceptors (Lipinski definition) is 6. The monoisotopic (exact) mass is 520 g/mol. The Morgan fingerprint density at radius 3 is 2.30 bits per heavy atom. The highest BCUT2D eigenvalue weighted by atomic mass is 32.2. The minimum atomic E-state index is -3.85. The molecule has 0 amide bonds. The van der Waals surface area contributed by atoms with Crippen LogP contribution in [0.2, 0.25) is 0 Å². The maximum absolute atomic E-state index is 12.4. The number of nitrogens with zero attached hydrogens (tertiary/aromatic N) is 3. The van der Waals surface area contributed by atoms with Gasteiger partial charge in [0.05, 0.1) is 6.21 Å². The number of carboxylic acid groups (broad SMARTS) is 1. The zero-order chi connectivity index (χ0) is 26.4. The van der Waals surface area contributed by atoms with Crippen LogP contribution >= 0.6 is 0 Å². The molecule has 1 saturated heterocycles. The maximum Gasteiger partial charge on any atom is 0.321 e. The molecule has 0 saturated carbocycles. The fourth-order valence-corrected chi connectivity index (χ4v) is 5.31. The summed E-state index contributed by atoms with van der Waals surface area (Å²) in [5.41, 5.74) is 3.73. The SMILES string of the molecule is CON=Cc1ccc2cc(C#Cc3ccc(N4CCN(S(=O)(=O)N[C@H](C)C(=O)O)CC4)cc3)ccc2c1. The molecule has 0 spiro atoms. The molecule has 37 heavy (non-hydrogen) atoms. The number of oxime groups is 1. The molecule has 1 fully saturated rings. The van der Waals surface area contributed by atoms with Gasteiger partial charge in [-0.3, -0.25) is 4.79 Å². The van der Waals surface area contributed by atoms with Crippen LogP contribution in [0, 0.1) is 11.8 Å². The van der Waals surface area contributed by atoms with Gasteiger partial charge in [0, 0.05) is 43.0 Å². The van der Waals surface area contributed by atoms with Crippen molar-refractivity contribution in [1.82, 2.24) is 9.03 Å². The lowest BCUT2D eigenvalue weighted by atomic mass is 10.0. The van der Waals surface area contributed by atoms with E-state index in [1.54, 1.807) is 6.21 Å². The summed E-state index contributed by atoms with van der Waals surface area (Å²) >= 11 is 0. The number of carbonyl (C=O) groups is 1. The molecule has 9 nitrogen and oxygen atoms in total. The minimum Gasteiger partial charge on any atom is -0.480 e. The second-order valence-corrected chi connectivity index (χ2v) is 10.3. The molecule has 0 aliphatic carbocycles. The summed E-state index contributed by atoms with van der Waals surface area (Å²) in [5.74, 6) is 5.20. The van der Waals surface area contributed by atoms with Gasteiger partial charge in [0.25, 0.3) is 10.2 Å². The van der Waals surface area contributed by atoms with Crippen molar-refractivity contribution < 1.29 is 23.2 Å². The molecule has 192 valence electrons. The number of piperazine rings is 1. The van der Waals surface area contributed by atoms with Crippen LogP contribution in [0.4, 0.5) is 5.69 Å². The van der Waals surface area contributed by atoms with E-state index in [9.17, 15) is 13.2 Å². The minimum absolute atomic E-state index is 0.270. The van der Waals surface area contributed by atoms with Crippen molar-refractivity contribution in [2.45, 2.75) is 13.0 Å². The van der Waals surface area contributed by atoms with Crippen LogP contribution < -0.4 is 9.62 Å². The first-order valence-corrected chi connectivity index (χ1v) is 13.2. The first-order chi connectivity index (χ1) is 17.7. The van der Waals surface area contributed by atoms with Crippen LogP contribution in [0.5, 0.6) is 0 Å². The molecule has 1 aliphatic heterocycles. The van der Waals surface area contributed by atoms with Crippen LogP contribution in [-0.2, 0) is 19.8 Å². The standard InChI is InChI=1S/C27H28N4O5S/c1-20(27(32)33)29-37(34,35)31-15-13-30(14-16-31)26-11-7-21(8-12-26)3-4-22-5-9-25-18-23(19-28-36-2)6-10-24(25)17-22/h5-12,17-20,29H,13-16H2,1-2H3,(H,32,33)/t20-/m1/s1. The lowest BCUT2D eigenvalue weighted by Gasteiger charge is -2.35. The van der Waals surface area contributed by atoms with Gasteiger partial charge in [0.2, 0.25) is 0 Å². The highest BCUT2D eigenvalue weighted by Crippen LogP contribution is 2.19. The van der Waals surface area contributed by atoms with E-state index >= 15 is 0 Å². The molecule has 1 aliphatic rings. The molecule has 10 heteroatoms. The highest BCUT2D eigenvalue weighted by molar-refractivity contribution is 7.87. The Hall–Kier alpha value is -3.91. The molecule has 1 atom stereocenters. The van der Waals surface area contributed by atoms with Crippen molar-refractivity contribution in [3.63, 3.8) is 0 Å². The van der Waals surface area contributed by atoms with Gasteiger partial charge < -0.3 is 14.8 Å². The first kappa shape index (κ1) is 26.2. The molecular weight excluding hydrogens is 492 g/mol. The van der Waals surface area contributed by atoms with Gasteiger partial charge in [-0.1, -0.05) is 35.2 Å². The summed E-state index contributed by atoms with van der Waals surface area (Å²) in [6.07, 6.45) is 1.67. The van der Waals surface area contributed by atoms with E-state index in [1.165, 1.54) is 18.3 Å². The fourth-order valence-electron chi connectivity index (χ4n) is 3.97. The zero-order valence-corrected chi connectivity index (χ0v) is 21.4. The summed E-state index contributed by atoms with van der Waals surface area (Å²) in [6, 6.07) is 18.8. The first-order valence-electron chi connectivity index (χ1n) is 11.7. The summed E-state index contributed by atoms with van der Waals surface area (Å²) in [6.45, 7) is 2.85. The van der Waals surface area contributed by atoms with E-state index in [2.05, 4.69) is 26.6 Å². The van der Waals surface area contributed by atoms with Crippen LogP contribution in [0.1, 0.15) is 23.6 Å². The van der Waals surface area contributed by atoms with Gasteiger partial charge in [-0.15, -0.1) is 0 Å². The highest BCUT2D eigenvalue weighted by Gasteiger charge is 2.29. The molecule has 0 radical (unpaired) electrons. The summed E-state index contributed by atoms with van der Waals surface area (Å²) in [5, 5.41) is 14.9.